The van der Waals surface area contributed by atoms with Crippen LogP contribution in [0.3, 0.4) is 0 Å². The van der Waals surface area contributed by atoms with Gasteiger partial charge in [-0.15, -0.1) is 0 Å². The van der Waals surface area contributed by atoms with E-state index in [9.17, 15) is 24.5 Å². The third kappa shape index (κ3) is 5.65. The van der Waals surface area contributed by atoms with Gasteiger partial charge in [0.2, 0.25) is 5.91 Å². The molecule has 0 unspecified atom stereocenters. The monoisotopic (exact) mass is 534 g/mol. The zero-order valence-electron chi connectivity index (χ0n) is 20.6. The Morgan fingerprint density at radius 2 is 1.95 bits per heavy atom. The number of carbonyl (C=O) groups excluding carboxylic acids is 3. The van der Waals surface area contributed by atoms with Gasteiger partial charge >= 0.3 is 5.69 Å². The molecule has 1 N–H and O–H groups in total. The maximum absolute atomic E-state index is 12.9. The molecule has 0 aliphatic carbocycles. The van der Waals surface area contributed by atoms with E-state index >= 15 is 0 Å². The first-order valence-electron chi connectivity index (χ1n) is 11.2. The van der Waals surface area contributed by atoms with Crippen LogP contribution >= 0.6 is 11.8 Å². The lowest BCUT2D eigenvalue weighted by atomic mass is 10.1. The minimum atomic E-state index is -0.610. The molecule has 3 amide bonds. The van der Waals surface area contributed by atoms with E-state index in [2.05, 4.69) is 10.3 Å². The van der Waals surface area contributed by atoms with Crippen LogP contribution in [-0.2, 0) is 9.59 Å². The number of thioether (sulfide) groups is 1. The summed E-state index contributed by atoms with van der Waals surface area (Å²) in [7, 11) is 1.39. The first kappa shape index (κ1) is 26.4. The number of nitrogens with zero attached hydrogens (tertiary/aromatic N) is 3. The maximum atomic E-state index is 12.9. The number of methoxy groups -OCH3 is 1. The lowest BCUT2D eigenvalue weighted by Crippen LogP contribution is -2.36. The number of hydrogen-bond donors (Lipinski definition) is 1. The molecule has 3 aromatic rings. The molecule has 1 aromatic heterocycles. The van der Waals surface area contributed by atoms with Crippen LogP contribution in [0.25, 0.3) is 6.08 Å². The number of nitrogens with one attached hydrogen (secondary N) is 1. The molecule has 1 saturated heterocycles. The van der Waals surface area contributed by atoms with Crippen molar-refractivity contribution in [3.05, 3.63) is 86.4 Å². The average Bonchev–Trinajstić information content (AvgIpc) is 3.15. The van der Waals surface area contributed by atoms with Crippen LogP contribution in [0.1, 0.15) is 16.7 Å². The quantitative estimate of drug-likeness (QED) is 0.238. The Hall–Kier alpha value is -4.71. The summed E-state index contributed by atoms with van der Waals surface area (Å²) in [6, 6.07) is 12.8. The van der Waals surface area contributed by atoms with Crippen LogP contribution in [0, 0.1) is 24.0 Å². The minimum Gasteiger partial charge on any atom is -0.493 e. The zero-order valence-corrected chi connectivity index (χ0v) is 21.4. The molecule has 1 aliphatic heterocycles. The number of benzene rings is 2. The second-order valence-electron chi connectivity index (χ2n) is 8.16. The normalized spacial score (nSPS) is 14.1. The molecule has 0 spiro atoms. The summed E-state index contributed by atoms with van der Waals surface area (Å²) in [6.07, 6.45) is 2.85. The van der Waals surface area contributed by atoms with Crippen LogP contribution in [-0.4, -0.2) is 45.5 Å². The third-order valence-electron chi connectivity index (χ3n) is 5.69. The summed E-state index contributed by atoms with van der Waals surface area (Å²) in [5.74, 6) is -0.897. The molecule has 194 valence electrons. The van der Waals surface area contributed by atoms with Crippen molar-refractivity contribution in [3.8, 4) is 17.4 Å². The van der Waals surface area contributed by atoms with Gasteiger partial charge in [-0.1, -0.05) is 18.2 Å². The Morgan fingerprint density at radius 1 is 1.16 bits per heavy atom. The Labute approximate surface area is 221 Å². The summed E-state index contributed by atoms with van der Waals surface area (Å²) < 4.78 is 10.9. The molecule has 2 heterocycles. The van der Waals surface area contributed by atoms with E-state index in [1.54, 1.807) is 18.2 Å². The van der Waals surface area contributed by atoms with Crippen molar-refractivity contribution in [2.45, 2.75) is 13.8 Å². The van der Waals surface area contributed by atoms with Gasteiger partial charge in [-0.2, -0.15) is 0 Å². The van der Waals surface area contributed by atoms with Crippen LogP contribution < -0.4 is 14.8 Å². The minimum absolute atomic E-state index is 0.130. The third-order valence-corrected chi connectivity index (χ3v) is 6.60. The average molecular weight is 535 g/mol. The Morgan fingerprint density at radius 3 is 2.68 bits per heavy atom. The predicted octanol–water partition coefficient (Wildman–Crippen LogP) is 5.08. The van der Waals surface area contributed by atoms with Crippen molar-refractivity contribution < 1.29 is 28.8 Å². The molecular formula is C26H22N4O7S. The van der Waals surface area contributed by atoms with E-state index in [1.165, 1.54) is 37.6 Å². The predicted molar refractivity (Wildman–Crippen MR) is 141 cm³/mol. The SMILES string of the molecule is COc1cc(/C=C2\SC(=O)N(CC(=O)Nc3cccc(C)c3C)C2=O)ccc1Oc1ncccc1[N+](=O)[O-]. The molecule has 0 atom stereocenters. The van der Waals surface area contributed by atoms with Crippen LogP contribution in [0.4, 0.5) is 16.2 Å². The van der Waals surface area contributed by atoms with Crippen molar-refractivity contribution in [1.29, 1.82) is 0 Å². The Kier molecular flexibility index (Phi) is 7.72. The number of carbonyl (C=O) groups is 3. The number of pyridine rings is 1. The summed E-state index contributed by atoms with van der Waals surface area (Å²) in [5.41, 5.74) is 2.71. The molecular weight excluding hydrogens is 512 g/mol. The fourth-order valence-corrected chi connectivity index (χ4v) is 4.41. The van der Waals surface area contributed by atoms with Gasteiger partial charge in [0.05, 0.1) is 16.9 Å². The highest BCUT2D eigenvalue weighted by Crippen LogP contribution is 2.37. The van der Waals surface area contributed by atoms with Gasteiger partial charge in [0.15, 0.2) is 11.5 Å². The standard InChI is InChI=1S/C26H22N4O7S/c1-15-6-4-7-18(16(15)2)28-23(31)14-29-25(32)22(38-26(29)33)13-17-9-10-20(21(12-17)36-3)37-24-19(30(34)35)8-5-11-27-24/h4-13H,14H2,1-3H3,(H,28,31)/b22-13-. The number of amides is 3. The molecule has 1 fully saturated rings. The molecule has 0 radical (unpaired) electrons. The molecule has 38 heavy (non-hydrogen) atoms. The first-order valence-corrected chi connectivity index (χ1v) is 12.1. The van der Waals surface area contributed by atoms with E-state index in [4.69, 9.17) is 9.47 Å². The Balaban J connectivity index is 1.49. The Bertz CT molecular complexity index is 1490. The fraction of sp³-hybridized carbons (Fsp3) is 0.154. The van der Waals surface area contributed by atoms with E-state index in [0.717, 1.165) is 27.8 Å². The van der Waals surface area contributed by atoms with Gasteiger partial charge in [-0.25, -0.2) is 4.98 Å². The van der Waals surface area contributed by atoms with E-state index < -0.39 is 28.5 Å². The van der Waals surface area contributed by atoms with Gasteiger partial charge in [0.25, 0.3) is 17.0 Å². The van der Waals surface area contributed by atoms with Gasteiger partial charge in [-0.3, -0.25) is 29.4 Å². The molecule has 0 bridgehead atoms. The highest BCUT2D eigenvalue weighted by molar-refractivity contribution is 8.18. The molecule has 4 rings (SSSR count). The highest BCUT2D eigenvalue weighted by atomic mass is 32.2. The van der Waals surface area contributed by atoms with Crippen molar-refractivity contribution in [1.82, 2.24) is 9.88 Å². The number of aryl methyl sites for hydroxylation is 1. The van der Waals surface area contributed by atoms with E-state index in [0.29, 0.717) is 11.3 Å². The van der Waals surface area contributed by atoms with Crippen LogP contribution in [0.15, 0.2) is 59.6 Å². The molecule has 2 aromatic carbocycles. The van der Waals surface area contributed by atoms with Crippen molar-refractivity contribution in [2.24, 2.45) is 0 Å². The van der Waals surface area contributed by atoms with Gasteiger partial charge in [-0.05, 0) is 72.6 Å². The second-order valence-corrected chi connectivity index (χ2v) is 9.15. The number of nitro groups is 1. The maximum Gasteiger partial charge on any atom is 0.331 e. The van der Waals surface area contributed by atoms with Gasteiger partial charge in [0, 0.05) is 18.0 Å². The number of aromatic nitrogens is 1. The number of hydrogen-bond acceptors (Lipinski definition) is 9. The van der Waals surface area contributed by atoms with E-state index in [1.807, 2.05) is 26.0 Å². The molecule has 11 nitrogen and oxygen atoms in total. The topological polar surface area (TPSA) is 141 Å². The summed E-state index contributed by atoms with van der Waals surface area (Å²) in [5, 5.41) is 13.4. The molecule has 1 aliphatic rings. The van der Waals surface area contributed by atoms with Crippen LogP contribution in [0.5, 0.6) is 17.4 Å². The van der Waals surface area contributed by atoms with Crippen molar-refractivity contribution in [3.63, 3.8) is 0 Å². The van der Waals surface area contributed by atoms with Crippen LogP contribution in [0.2, 0.25) is 0 Å². The second kappa shape index (κ2) is 11.1. The number of rotatable bonds is 8. The fourth-order valence-electron chi connectivity index (χ4n) is 3.57. The first-order chi connectivity index (χ1) is 18.2. The summed E-state index contributed by atoms with van der Waals surface area (Å²) in [4.78, 5) is 53.5. The van der Waals surface area contributed by atoms with E-state index in [-0.39, 0.29) is 28.0 Å². The van der Waals surface area contributed by atoms with Crippen molar-refractivity contribution >= 4 is 46.3 Å². The zero-order chi connectivity index (χ0) is 27.4. The lowest BCUT2D eigenvalue weighted by molar-refractivity contribution is -0.386. The highest BCUT2D eigenvalue weighted by Gasteiger charge is 2.36. The smallest absolute Gasteiger partial charge is 0.331 e. The summed E-state index contributed by atoms with van der Waals surface area (Å²) in [6.45, 7) is 3.37. The van der Waals surface area contributed by atoms with Gasteiger partial charge < -0.3 is 14.8 Å². The number of ether oxygens (including phenoxy) is 2. The lowest BCUT2D eigenvalue weighted by Gasteiger charge is -2.14. The van der Waals surface area contributed by atoms with Gasteiger partial charge in [0.1, 0.15) is 6.54 Å². The molecule has 12 heteroatoms. The van der Waals surface area contributed by atoms with Crippen molar-refractivity contribution in [2.75, 3.05) is 19.0 Å². The number of anilines is 1. The number of imide groups is 1. The molecule has 0 saturated carbocycles. The summed E-state index contributed by atoms with van der Waals surface area (Å²) >= 11 is 0.717. The largest absolute Gasteiger partial charge is 0.493 e.